The first-order chi connectivity index (χ1) is 9.42. The molecule has 1 amide bonds. The number of unbranched alkanes of at least 4 members (excludes halogenated alkanes) is 3. The minimum absolute atomic E-state index is 0.0947. The second-order valence-corrected chi connectivity index (χ2v) is 6.74. The van der Waals surface area contributed by atoms with Gasteiger partial charge in [-0.15, -0.1) is 0 Å². The lowest BCUT2D eigenvalue weighted by Gasteiger charge is -2.35. The molecule has 0 aromatic carbocycles. The predicted octanol–water partition coefficient (Wildman–Crippen LogP) is 2.17. The smallest absolute Gasteiger partial charge is 0.224 e. The maximum atomic E-state index is 12.1. The number of piperidine rings is 1. The number of aliphatic hydroxyl groups is 1. The zero-order valence-electron chi connectivity index (χ0n) is 13.5. The molecule has 2 N–H and O–H groups in total. The standard InChI is InChI=1S/C16H32N2O2/c1-4-5-6-7-10-17-15(19)14-9-8-11-18(12-14)13-16(2,3)20/h14,20H,4-13H2,1-3H3,(H,17,19). The summed E-state index contributed by atoms with van der Waals surface area (Å²) in [4.78, 5) is 14.4. The molecule has 1 heterocycles. The summed E-state index contributed by atoms with van der Waals surface area (Å²) in [5.74, 6) is 0.291. The lowest BCUT2D eigenvalue weighted by Crippen LogP contribution is -2.47. The highest BCUT2D eigenvalue weighted by Crippen LogP contribution is 2.18. The topological polar surface area (TPSA) is 52.6 Å². The number of nitrogens with zero attached hydrogens (tertiary/aromatic N) is 1. The molecule has 0 radical (unpaired) electrons. The highest BCUT2D eigenvalue weighted by molar-refractivity contribution is 5.78. The number of carbonyl (C=O) groups excluding carboxylic acids is 1. The van der Waals surface area contributed by atoms with Crippen molar-refractivity contribution in [2.24, 2.45) is 5.92 Å². The molecule has 4 nitrogen and oxygen atoms in total. The average molecular weight is 284 g/mol. The molecule has 0 bridgehead atoms. The van der Waals surface area contributed by atoms with Gasteiger partial charge in [0.25, 0.3) is 0 Å². The highest BCUT2D eigenvalue weighted by Gasteiger charge is 2.28. The van der Waals surface area contributed by atoms with Crippen LogP contribution in [0.2, 0.25) is 0 Å². The molecule has 1 aliphatic rings. The molecule has 118 valence electrons. The van der Waals surface area contributed by atoms with Gasteiger partial charge in [0, 0.05) is 19.6 Å². The zero-order chi connectivity index (χ0) is 15.0. The van der Waals surface area contributed by atoms with E-state index in [2.05, 4.69) is 17.1 Å². The largest absolute Gasteiger partial charge is 0.389 e. The Balaban J connectivity index is 2.26. The first kappa shape index (κ1) is 17.4. The van der Waals surface area contributed by atoms with Crippen LogP contribution in [0.1, 0.15) is 59.3 Å². The van der Waals surface area contributed by atoms with Gasteiger partial charge >= 0.3 is 0 Å². The fourth-order valence-corrected chi connectivity index (χ4v) is 2.87. The van der Waals surface area contributed by atoms with E-state index in [1.165, 1.54) is 19.3 Å². The van der Waals surface area contributed by atoms with Crippen molar-refractivity contribution in [1.82, 2.24) is 10.2 Å². The highest BCUT2D eigenvalue weighted by atomic mass is 16.3. The molecular formula is C16H32N2O2. The lowest BCUT2D eigenvalue weighted by molar-refractivity contribution is -0.127. The predicted molar refractivity (Wildman–Crippen MR) is 82.6 cm³/mol. The summed E-state index contributed by atoms with van der Waals surface area (Å²) < 4.78 is 0. The summed E-state index contributed by atoms with van der Waals surface area (Å²) in [7, 11) is 0. The van der Waals surface area contributed by atoms with E-state index in [0.717, 1.165) is 38.9 Å². The molecule has 1 atom stereocenters. The summed E-state index contributed by atoms with van der Waals surface area (Å²) in [6, 6.07) is 0. The Bertz CT molecular complexity index is 287. The third kappa shape index (κ3) is 7.25. The Morgan fingerprint density at radius 1 is 1.35 bits per heavy atom. The summed E-state index contributed by atoms with van der Waals surface area (Å²) in [6.07, 6.45) is 6.78. The lowest BCUT2D eigenvalue weighted by atomic mass is 9.95. The van der Waals surface area contributed by atoms with Gasteiger partial charge in [-0.05, 0) is 39.7 Å². The molecule has 1 rings (SSSR count). The number of hydrogen-bond acceptors (Lipinski definition) is 3. The van der Waals surface area contributed by atoms with Crippen LogP contribution >= 0.6 is 0 Å². The van der Waals surface area contributed by atoms with E-state index in [-0.39, 0.29) is 11.8 Å². The second kappa shape index (κ2) is 8.63. The molecule has 0 saturated carbocycles. The van der Waals surface area contributed by atoms with Crippen molar-refractivity contribution in [1.29, 1.82) is 0 Å². The molecular weight excluding hydrogens is 252 g/mol. The Morgan fingerprint density at radius 2 is 2.10 bits per heavy atom. The maximum absolute atomic E-state index is 12.1. The van der Waals surface area contributed by atoms with Crippen molar-refractivity contribution in [3.63, 3.8) is 0 Å². The van der Waals surface area contributed by atoms with E-state index in [1.807, 2.05) is 13.8 Å². The Kier molecular flexibility index (Phi) is 7.52. The molecule has 1 aliphatic heterocycles. The molecule has 1 saturated heterocycles. The van der Waals surface area contributed by atoms with Crippen molar-refractivity contribution >= 4 is 5.91 Å². The van der Waals surface area contributed by atoms with E-state index in [9.17, 15) is 9.90 Å². The Hall–Kier alpha value is -0.610. The van der Waals surface area contributed by atoms with Gasteiger partial charge < -0.3 is 10.4 Å². The van der Waals surface area contributed by atoms with Crippen LogP contribution in [0, 0.1) is 5.92 Å². The minimum Gasteiger partial charge on any atom is -0.389 e. The van der Waals surface area contributed by atoms with E-state index in [0.29, 0.717) is 6.54 Å². The fraction of sp³-hybridized carbons (Fsp3) is 0.938. The molecule has 20 heavy (non-hydrogen) atoms. The van der Waals surface area contributed by atoms with Crippen molar-refractivity contribution in [2.75, 3.05) is 26.2 Å². The van der Waals surface area contributed by atoms with E-state index in [4.69, 9.17) is 0 Å². The minimum atomic E-state index is -0.682. The molecule has 0 aromatic heterocycles. The van der Waals surface area contributed by atoms with Crippen molar-refractivity contribution in [3.8, 4) is 0 Å². The normalized spacial score (nSPS) is 20.9. The van der Waals surface area contributed by atoms with Crippen LogP contribution in [-0.2, 0) is 4.79 Å². The van der Waals surface area contributed by atoms with Gasteiger partial charge in [-0.3, -0.25) is 9.69 Å². The number of rotatable bonds is 8. The van der Waals surface area contributed by atoms with Gasteiger partial charge in [0.1, 0.15) is 0 Å². The van der Waals surface area contributed by atoms with E-state index >= 15 is 0 Å². The average Bonchev–Trinajstić information content (AvgIpc) is 2.36. The number of likely N-dealkylation sites (tertiary alicyclic amines) is 1. The number of hydrogen-bond donors (Lipinski definition) is 2. The van der Waals surface area contributed by atoms with E-state index < -0.39 is 5.60 Å². The van der Waals surface area contributed by atoms with Crippen molar-refractivity contribution in [3.05, 3.63) is 0 Å². The Labute approximate surface area is 123 Å². The molecule has 1 unspecified atom stereocenters. The van der Waals surface area contributed by atoms with Crippen LogP contribution in [-0.4, -0.2) is 47.7 Å². The first-order valence-electron chi connectivity index (χ1n) is 8.15. The van der Waals surface area contributed by atoms with Gasteiger partial charge in [0.15, 0.2) is 0 Å². The fourth-order valence-electron chi connectivity index (χ4n) is 2.87. The van der Waals surface area contributed by atoms with Gasteiger partial charge in [0.05, 0.1) is 11.5 Å². The van der Waals surface area contributed by atoms with Gasteiger partial charge in [-0.2, -0.15) is 0 Å². The summed E-state index contributed by atoms with van der Waals surface area (Å²) in [5.41, 5.74) is -0.682. The van der Waals surface area contributed by atoms with Crippen molar-refractivity contribution < 1.29 is 9.90 Å². The summed E-state index contributed by atoms with van der Waals surface area (Å²) in [6.45, 7) is 9.07. The number of carbonyl (C=O) groups is 1. The summed E-state index contributed by atoms with van der Waals surface area (Å²) in [5, 5.41) is 12.9. The third-order valence-electron chi connectivity index (χ3n) is 3.82. The van der Waals surface area contributed by atoms with Gasteiger partial charge in [-0.25, -0.2) is 0 Å². The molecule has 0 aliphatic carbocycles. The summed E-state index contributed by atoms with van der Waals surface area (Å²) >= 11 is 0. The quantitative estimate of drug-likeness (QED) is 0.672. The molecule has 1 fully saturated rings. The monoisotopic (exact) mass is 284 g/mol. The van der Waals surface area contributed by atoms with Gasteiger partial charge in [-0.1, -0.05) is 26.2 Å². The molecule has 0 aromatic rings. The Morgan fingerprint density at radius 3 is 2.75 bits per heavy atom. The van der Waals surface area contributed by atoms with Crippen LogP contribution in [0.15, 0.2) is 0 Å². The zero-order valence-corrected chi connectivity index (χ0v) is 13.5. The van der Waals surface area contributed by atoms with Gasteiger partial charge in [0.2, 0.25) is 5.91 Å². The first-order valence-corrected chi connectivity index (χ1v) is 8.15. The van der Waals surface area contributed by atoms with Crippen LogP contribution in [0.3, 0.4) is 0 Å². The number of β-amino-alcohol motifs (C(OH)–C–C–N with tert-alkyl or cyclic N) is 1. The molecule has 4 heteroatoms. The van der Waals surface area contributed by atoms with Crippen LogP contribution in [0.4, 0.5) is 0 Å². The number of amides is 1. The van der Waals surface area contributed by atoms with Crippen LogP contribution < -0.4 is 5.32 Å². The third-order valence-corrected chi connectivity index (χ3v) is 3.82. The van der Waals surface area contributed by atoms with Crippen LogP contribution in [0.5, 0.6) is 0 Å². The maximum Gasteiger partial charge on any atom is 0.224 e. The second-order valence-electron chi connectivity index (χ2n) is 6.74. The number of nitrogens with one attached hydrogen (secondary N) is 1. The SMILES string of the molecule is CCCCCCNC(=O)C1CCCN(CC(C)(C)O)C1. The van der Waals surface area contributed by atoms with Crippen LogP contribution in [0.25, 0.3) is 0 Å². The van der Waals surface area contributed by atoms with Crippen molar-refractivity contribution in [2.45, 2.75) is 64.9 Å². The van der Waals surface area contributed by atoms with E-state index in [1.54, 1.807) is 0 Å². The molecule has 0 spiro atoms.